The van der Waals surface area contributed by atoms with Crippen molar-refractivity contribution in [1.29, 1.82) is 0 Å². The molecular formula is C18H29N3O17P2. The van der Waals surface area contributed by atoms with Crippen molar-refractivity contribution >= 4 is 21.6 Å². The summed E-state index contributed by atoms with van der Waals surface area (Å²) in [6.45, 7) is -1.67. The summed E-state index contributed by atoms with van der Waals surface area (Å²) in [4.78, 5) is 56.4. The molecule has 0 bridgehead atoms. The normalized spacial score (nSPS) is 35.5. The van der Waals surface area contributed by atoms with Gasteiger partial charge in [-0.3, -0.25) is 28.2 Å². The number of H-pyrrole nitrogens is 1. The monoisotopic (exact) mass is 621 g/mol. The van der Waals surface area contributed by atoms with Crippen LogP contribution in [0.5, 0.6) is 0 Å². The lowest BCUT2D eigenvalue weighted by molar-refractivity contribution is -0.201. The fraction of sp³-hybridized carbons (Fsp3) is 0.722. The Labute approximate surface area is 223 Å². The molecule has 0 radical (unpaired) electrons. The number of carbonyl (C=O) groups is 1. The zero-order valence-electron chi connectivity index (χ0n) is 20.5. The van der Waals surface area contributed by atoms with Gasteiger partial charge in [-0.15, -0.1) is 0 Å². The maximum absolute atomic E-state index is 12.3. The highest BCUT2D eigenvalue weighted by Crippen LogP contribution is 2.60. The number of carbonyl (C=O) groups excluding carboxylic acids is 1. The molecule has 9 N–H and O–H groups in total. The first-order chi connectivity index (χ1) is 18.5. The number of aromatic amines is 1. The number of rotatable bonds is 11. The van der Waals surface area contributed by atoms with Crippen molar-refractivity contribution in [2.45, 2.75) is 61.9 Å². The van der Waals surface area contributed by atoms with E-state index in [4.69, 9.17) is 9.47 Å². The average molecular weight is 621 g/mol. The molecule has 0 saturated carbocycles. The van der Waals surface area contributed by atoms with Gasteiger partial charge in [-0.05, 0) is 0 Å². The zero-order valence-corrected chi connectivity index (χ0v) is 22.3. The van der Waals surface area contributed by atoms with E-state index < -0.39 is 108 Å². The van der Waals surface area contributed by atoms with Gasteiger partial charge in [0.2, 0.25) is 5.91 Å². The SMILES string of the molecule is CC(=O)N[C@@H]1[C@@H](O)[C@H](O)[C@@H](CO)O[C@@H]1COP(=O)(O)OP(=O)(O)OC[C@H]1O[C@@H](n2ccc(=O)[nH]c2=O)[C@H](O)[C@@H]1O. The number of phosphoric ester groups is 2. The summed E-state index contributed by atoms with van der Waals surface area (Å²) in [6, 6.07) is -0.450. The molecule has 40 heavy (non-hydrogen) atoms. The molecule has 0 aliphatic carbocycles. The first-order valence-corrected chi connectivity index (χ1v) is 14.4. The summed E-state index contributed by atoms with van der Waals surface area (Å²) >= 11 is 0. The second kappa shape index (κ2) is 13.0. The van der Waals surface area contributed by atoms with Crippen LogP contribution in [0, 0.1) is 0 Å². The molecular weight excluding hydrogens is 592 g/mol. The van der Waals surface area contributed by atoms with E-state index in [1.807, 2.05) is 4.98 Å². The summed E-state index contributed by atoms with van der Waals surface area (Å²) in [7, 11) is -10.9. The van der Waals surface area contributed by atoms with Crippen molar-refractivity contribution in [2.24, 2.45) is 0 Å². The molecule has 3 heterocycles. The summed E-state index contributed by atoms with van der Waals surface area (Å²) in [5, 5.41) is 52.2. The molecule has 1 aromatic heterocycles. The van der Waals surface area contributed by atoms with Crippen LogP contribution in [0.1, 0.15) is 13.2 Å². The first-order valence-electron chi connectivity index (χ1n) is 11.4. The minimum absolute atomic E-state index is 0.682. The number of phosphoric acid groups is 2. The Hall–Kier alpha value is -1.87. The van der Waals surface area contributed by atoms with Gasteiger partial charge in [-0.1, -0.05) is 0 Å². The minimum Gasteiger partial charge on any atom is -0.394 e. The van der Waals surface area contributed by atoms with E-state index in [2.05, 4.69) is 18.7 Å². The number of nitrogens with one attached hydrogen (secondary N) is 2. The highest BCUT2D eigenvalue weighted by Gasteiger charge is 2.48. The zero-order chi connectivity index (χ0) is 30.0. The van der Waals surface area contributed by atoms with E-state index in [-0.39, 0.29) is 0 Å². The molecule has 20 nitrogen and oxygen atoms in total. The number of aromatic nitrogens is 2. The van der Waals surface area contributed by atoms with E-state index in [1.165, 1.54) is 0 Å². The minimum atomic E-state index is -5.43. The maximum Gasteiger partial charge on any atom is 0.481 e. The maximum atomic E-state index is 12.3. The Bertz CT molecular complexity index is 1260. The second-order valence-electron chi connectivity index (χ2n) is 8.78. The van der Waals surface area contributed by atoms with Crippen molar-refractivity contribution in [3.8, 4) is 0 Å². The largest absolute Gasteiger partial charge is 0.481 e. The third kappa shape index (κ3) is 7.90. The van der Waals surface area contributed by atoms with Gasteiger partial charge in [0.15, 0.2) is 6.23 Å². The molecule has 2 fully saturated rings. The van der Waals surface area contributed by atoms with Gasteiger partial charge >= 0.3 is 21.3 Å². The van der Waals surface area contributed by atoms with Crippen LogP contribution in [0.3, 0.4) is 0 Å². The van der Waals surface area contributed by atoms with Crippen LogP contribution < -0.4 is 16.6 Å². The molecule has 2 aliphatic rings. The van der Waals surface area contributed by atoms with Crippen LogP contribution in [0.25, 0.3) is 0 Å². The number of ether oxygens (including phenoxy) is 2. The number of nitrogens with zero attached hydrogens (tertiary/aromatic N) is 1. The lowest BCUT2D eigenvalue weighted by atomic mass is 9.93. The number of aliphatic hydroxyl groups excluding tert-OH is 5. The van der Waals surface area contributed by atoms with Gasteiger partial charge in [0.25, 0.3) is 5.56 Å². The molecule has 11 atom stereocenters. The van der Waals surface area contributed by atoms with Crippen LogP contribution in [-0.2, 0) is 36.8 Å². The molecule has 1 amide bonds. The Balaban J connectivity index is 1.60. The van der Waals surface area contributed by atoms with E-state index in [1.54, 1.807) is 0 Å². The van der Waals surface area contributed by atoms with Crippen LogP contribution in [0.4, 0.5) is 0 Å². The first kappa shape index (κ1) is 32.6. The smallest absolute Gasteiger partial charge is 0.394 e. The van der Waals surface area contributed by atoms with Crippen LogP contribution in [0.15, 0.2) is 21.9 Å². The molecule has 2 saturated heterocycles. The molecule has 3 rings (SSSR count). The van der Waals surface area contributed by atoms with Gasteiger partial charge in [-0.25, -0.2) is 13.9 Å². The Kier molecular flexibility index (Phi) is 10.6. The van der Waals surface area contributed by atoms with Crippen molar-refractivity contribution in [3.05, 3.63) is 33.1 Å². The van der Waals surface area contributed by atoms with Crippen molar-refractivity contribution in [3.63, 3.8) is 0 Å². The van der Waals surface area contributed by atoms with Gasteiger partial charge in [0.05, 0.1) is 25.9 Å². The lowest BCUT2D eigenvalue weighted by Gasteiger charge is -2.42. The summed E-state index contributed by atoms with van der Waals surface area (Å²) in [5.74, 6) is -0.682. The number of hydrogen-bond acceptors (Lipinski definition) is 15. The Morgan fingerprint density at radius 3 is 2.10 bits per heavy atom. The molecule has 2 aliphatic heterocycles. The van der Waals surface area contributed by atoms with Gasteiger partial charge in [0.1, 0.15) is 42.7 Å². The quantitative estimate of drug-likeness (QED) is 0.105. The fourth-order valence-electron chi connectivity index (χ4n) is 3.99. The third-order valence-corrected chi connectivity index (χ3v) is 8.47. The predicted octanol–water partition coefficient (Wildman–Crippen LogP) is -4.61. The van der Waals surface area contributed by atoms with Gasteiger partial charge in [0, 0.05) is 19.2 Å². The Morgan fingerprint density at radius 2 is 1.55 bits per heavy atom. The molecule has 0 aromatic carbocycles. The third-order valence-electron chi connectivity index (χ3n) is 5.87. The Morgan fingerprint density at radius 1 is 0.975 bits per heavy atom. The highest BCUT2D eigenvalue weighted by molar-refractivity contribution is 7.61. The summed E-state index contributed by atoms with van der Waals surface area (Å²) in [5.41, 5.74) is -1.74. The van der Waals surface area contributed by atoms with E-state index in [0.29, 0.717) is 0 Å². The van der Waals surface area contributed by atoms with E-state index in [0.717, 1.165) is 23.8 Å². The van der Waals surface area contributed by atoms with Crippen molar-refractivity contribution < 1.29 is 72.1 Å². The van der Waals surface area contributed by atoms with E-state index >= 15 is 0 Å². The number of hydrogen-bond donors (Lipinski definition) is 9. The van der Waals surface area contributed by atoms with E-state index in [9.17, 15) is 58.8 Å². The van der Waals surface area contributed by atoms with Gasteiger partial charge in [-0.2, -0.15) is 4.31 Å². The molecule has 22 heteroatoms. The number of amides is 1. The standard InChI is InChI=1S/C18H29N3O17P2/c1-7(23)19-12-9(36-8(4-22)13(25)15(12)27)5-34-39(30,31)38-40(32,33)35-6-10-14(26)16(28)17(37-10)21-3-2-11(24)20-18(21)29/h2-3,8-10,12-17,22,25-28H,4-6H2,1H3,(H,19,23)(H,30,31)(H,32,33)(H,20,24,29)/t8-,9-,10-,12+,13-,14-,15-,16-,17-/m1/s1. The average Bonchev–Trinajstić information content (AvgIpc) is 3.13. The molecule has 1 aromatic rings. The molecule has 2 unspecified atom stereocenters. The highest BCUT2D eigenvalue weighted by atomic mass is 31.3. The van der Waals surface area contributed by atoms with Crippen LogP contribution >= 0.6 is 15.6 Å². The summed E-state index contributed by atoms with van der Waals surface area (Å²) < 4.78 is 49.3. The van der Waals surface area contributed by atoms with Gasteiger partial charge < -0.3 is 50.1 Å². The fourth-order valence-corrected chi connectivity index (χ4v) is 6.08. The van der Waals surface area contributed by atoms with Crippen molar-refractivity contribution in [2.75, 3.05) is 19.8 Å². The predicted molar refractivity (Wildman–Crippen MR) is 125 cm³/mol. The van der Waals surface area contributed by atoms with Crippen LogP contribution in [-0.4, -0.2) is 119 Å². The molecule has 0 spiro atoms. The second-order valence-corrected chi connectivity index (χ2v) is 11.8. The summed E-state index contributed by atoms with van der Waals surface area (Å²) in [6.07, 6.45) is -11.8. The van der Waals surface area contributed by atoms with Crippen molar-refractivity contribution in [1.82, 2.24) is 14.9 Å². The lowest BCUT2D eigenvalue weighted by Crippen LogP contribution is -2.64. The van der Waals surface area contributed by atoms with Crippen LogP contribution in [0.2, 0.25) is 0 Å². The number of aliphatic hydroxyl groups is 5. The topological polar surface area (TPSA) is 306 Å². The molecule has 228 valence electrons.